The molecule has 0 N–H and O–H groups in total. The molecule has 4 aliphatic carbocycles. The van der Waals surface area contributed by atoms with Crippen LogP contribution in [0.4, 0.5) is 0 Å². The Labute approximate surface area is 202 Å². The van der Waals surface area contributed by atoms with E-state index >= 15 is 0 Å². The predicted molar refractivity (Wildman–Crippen MR) is 134 cm³/mol. The third kappa shape index (κ3) is 5.76. The van der Waals surface area contributed by atoms with Crippen molar-refractivity contribution >= 4 is 11.8 Å². The second kappa shape index (κ2) is 11.5. The van der Waals surface area contributed by atoms with Gasteiger partial charge in [-0.05, 0) is 81.1 Å². The van der Waals surface area contributed by atoms with Gasteiger partial charge < -0.3 is 4.74 Å². The van der Waals surface area contributed by atoms with Gasteiger partial charge in [0.1, 0.15) is 6.10 Å². The summed E-state index contributed by atoms with van der Waals surface area (Å²) in [6.45, 7) is 4.69. The maximum atomic E-state index is 12.7. The quantitative estimate of drug-likeness (QED) is 0.234. The van der Waals surface area contributed by atoms with Gasteiger partial charge in [-0.3, -0.25) is 9.59 Å². The molecule has 186 valence electrons. The van der Waals surface area contributed by atoms with E-state index in [0.717, 1.165) is 50.4 Å². The number of fused-ring (bicyclic) bond motifs is 5. The van der Waals surface area contributed by atoms with Gasteiger partial charge in [0.25, 0.3) is 0 Å². The van der Waals surface area contributed by atoms with Crippen LogP contribution in [0.15, 0.2) is 11.6 Å². The molecule has 0 bridgehead atoms. The monoisotopic (exact) mass is 456 g/mol. The number of ketones is 1. The number of hydrogen-bond donors (Lipinski definition) is 0. The normalized spacial score (nSPS) is 35.4. The summed E-state index contributed by atoms with van der Waals surface area (Å²) in [4.78, 5) is 24.6. The number of hydrogen-bond acceptors (Lipinski definition) is 3. The molecule has 0 aliphatic heterocycles. The molecular weight excluding hydrogens is 408 g/mol. The highest BCUT2D eigenvalue weighted by atomic mass is 16.5. The van der Waals surface area contributed by atoms with E-state index in [2.05, 4.69) is 13.8 Å². The van der Waals surface area contributed by atoms with Gasteiger partial charge in [0.15, 0.2) is 5.78 Å². The van der Waals surface area contributed by atoms with Crippen LogP contribution < -0.4 is 0 Å². The standard InChI is InChI=1S/C30H48O3/c1-3-4-5-6-7-8-9-10-11-12-29(32)33-28-18-17-27-26-15-13-22-21-23(31)14-16-24(22)25(26)19-20-30(27,28)2/h21,24-28H,3-20H2,1-2H3/t24-,25+,26+,27+,28+,30+/m0/s1. The highest BCUT2D eigenvalue weighted by Crippen LogP contribution is 2.62. The molecule has 0 aromatic heterocycles. The van der Waals surface area contributed by atoms with E-state index in [-0.39, 0.29) is 17.5 Å². The maximum Gasteiger partial charge on any atom is 0.306 e. The highest BCUT2D eigenvalue weighted by molar-refractivity contribution is 5.91. The van der Waals surface area contributed by atoms with Gasteiger partial charge in [-0.2, -0.15) is 0 Å². The molecule has 0 aromatic rings. The van der Waals surface area contributed by atoms with Crippen LogP contribution in [0.1, 0.15) is 129 Å². The lowest BCUT2D eigenvalue weighted by Crippen LogP contribution is -2.48. The highest BCUT2D eigenvalue weighted by Gasteiger charge is 2.57. The fourth-order valence-corrected chi connectivity index (χ4v) is 8.12. The Morgan fingerprint density at radius 2 is 1.64 bits per heavy atom. The van der Waals surface area contributed by atoms with Crippen LogP contribution in [-0.2, 0) is 14.3 Å². The minimum Gasteiger partial charge on any atom is -0.462 e. The minimum absolute atomic E-state index is 0.0478. The summed E-state index contributed by atoms with van der Waals surface area (Å²) in [5, 5.41) is 0. The molecule has 3 fully saturated rings. The van der Waals surface area contributed by atoms with E-state index in [0.29, 0.717) is 24.0 Å². The molecular formula is C30H48O3. The third-order valence-electron chi connectivity index (χ3n) is 9.97. The molecule has 0 amide bonds. The van der Waals surface area contributed by atoms with E-state index in [1.54, 1.807) is 0 Å². The SMILES string of the molecule is CCCCCCCCCCCC(=O)O[C@@H]1CC[C@@H]2[C@@H]3CCC4=CC(=O)CC[C@@H]4[C@H]3CC[C@]21C. The number of unbranched alkanes of at least 4 members (excludes halogenated alkanes) is 8. The van der Waals surface area contributed by atoms with Gasteiger partial charge in [0.2, 0.25) is 0 Å². The summed E-state index contributed by atoms with van der Waals surface area (Å²) in [5.41, 5.74) is 1.62. The number of ether oxygens (including phenoxy) is 1. The first-order valence-corrected chi connectivity index (χ1v) is 14.5. The summed E-state index contributed by atoms with van der Waals surface area (Å²) in [6.07, 6.45) is 23.1. The van der Waals surface area contributed by atoms with Gasteiger partial charge in [-0.15, -0.1) is 0 Å². The lowest BCUT2D eigenvalue weighted by molar-refractivity contribution is -0.159. The van der Waals surface area contributed by atoms with Crippen molar-refractivity contribution in [2.24, 2.45) is 29.1 Å². The van der Waals surface area contributed by atoms with Crippen molar-refractivity contribution in [3.63, 3.8) is 0 Å². The zero-order valence-electron chi connectivity index (χ0n) is 21.4. The Kier molecular flexibility index (Phi) is 8.74. The Bertz CT molecular complexity index is 709. The molecule has 3 nitrogen and oxygen atoms in total. The van der Waals surface area contributed by atoms with Crippen LogP contribution in [-0.4, -0.2) is 17.9 Å². The number of esters is 1. The van der Waals surface area contributed by atoms with Crippen molar-refractivity contribution in [3.8, 4) is 0 Å². The van der Waals surface area contributed by atoms with Gasteiger partial charge in [-0.1, -0.05) is 70.8 Å². The Hall–Kier alpha value is -1.12. The Morgan fingerprint density at radius 3 is 2.39 bits per heavy atom. The fraction of sp³-hybridized carbons (Fsp3) is 0.867. The van der Waals surface area contributed by atoms with Crippen molar-refractivity contribution < 1.29 is 14.3 Å². The fourth-order valence-electron chi connectivity index (χ4n) is 8.12. The van der Waals surface area contributed by atoms with Gasteiger partial charge in [0, 0.05) is 18.3 Å². The van der Waals surface area contributed by atoms with E-state index < -0.39 is 0 Å². The number of carbonyl (C=O) groups is 2. The van der Waals surface area contributed by atoms with E-state index in [9.17, 15) is 9.59 Å². The van der Waals surface area contributed by atoms with Crippen molar-refractivity contribution in [1.29, 1.82) is 0 Å². The second-order valence-electron chi connectivity index (χ2n) is 12.0. The largest absolute Gasteiger partial charge is 0.462 e. The topological polar surface area (TPSA) is 43.4 Å². The molecule has 4 aliphatic rings. The van der Waals surface area contributed by atoms with Crippen molar-refractivity contribution in [2.45, 2.75) is 136 Å². The first-order chi connectivity index (χ1) is 16.0. The molecule has 0 aromatic carbocycles. The van der Waals surface area contributed by atoms with Gasteiger partial charge >= 0.3 is 5.97 Å². The lowest BCUT2D eigenvalue weighted by atomic mass is 9.52. The second-order valence-corrected chi connectivity index (χ2v) is 12.0. The Morgan fingerprint density at radius 1 is 0.909 bits per heavy atom. The zero-order chi connectivity index (χ0) is 23.3. The number of rotatable bonds is 11. The molecule has 3 heteroatoms. The number of carbonyl (C=O) groups excluding carboxylic acids is 2. The summed E-state index contributed by atoms with van der Waals surface area (Å²) in [6, 6.07) is 0. The first-order valence-electron chi connectivity index (χ1n) is 14.5. The van der Waals surface area contributed by atoms with Crippen molar-refractivity contribution in [1.82, 2.24) is 0 Å². The average molecular weight is 457 g/mol. The smallest absolute Gasteiger partial charge is 0.306 e. The molecule has 33 heavy (non-hydrogen) atoms. The first kappa shape index (κ1) is 25.0. The minimum atomic E-state index is 0.0478. The molecule has 0 saturated heterocycles. The number of allylic oxidation sites excluding steroid dienone is 1. The van der Waals surface area contributed by atoms with Crippen LogP contribution in [0.5, 0.6) is 0 Å². The van der Waals surface area contributed by atoms with Crippen LogP contribution in [0, 0.1) is 29.1 Å². The molecule has 0 heterocycles. The predicted octanol–water partition coefficient (Wildman–Crippen LogP) is 7.96. The van der Waals surface area contributed by atoms with Crippen LogP contribution in [0.25, 0.3) is 0 Å². The van der Waals surface area contributed by atoms with Crippen LogP contribution in [0.3, 0.4) is 0 Å². The maximum absolute atomic E-state index is 12.7. The molecule has 6 atom stereocenters. The van der Waals surface area contributed by atoms with Crippen LogP contribution in [0.2, 0.25) is 0 Å². The molecule has 4 rings (SSSR count). The summed E-state index contributed by atoms with van der Waals surface area (Å²) < 4.78 is 6.16. The van der Waals surface area contributed by atoms with Crippen molar-refractivity contribution in [2.75, 3.05) is 0 Å². The lowest BCUT2D eigenvalue weighted by Gasteiger charge is -2.53. The van der Waals surface area contributed by atoms with Gasteiger partial charge in [0.05, 0.1) is 0 Å². The summed E-state index contributed by atoms with van der Waals surface area (Å²) in [7, 11) is 0. The van der Waals surface area contributed by atoms with E-state index in [1.165, 1.54) is 76.2 Å². The molecule has 3 saturated carbocycles. The summed E-state index contributed by atoms with van der Waals surface area (Å²) in [5.74, 6) is 3.26. The zero-order valence-corrected chi connectivity index (χ0v) is 21.4. The van der Waals surface area contributed by atoms with Crippen LogP contribution >= 0.6 is 0 Å². The average Bonchev–Trinajstić information content (AvgIpc) is 3.13. The molecule has 0 unspecified atom stereocenters. The molecule has 0 spiro atoms. The molecule has 0 radical (unpaired) electrons. The van der Waals surface area contributed by atoms with Crippen molar-refractivity contribution in [3.05, 3.63) is 11.6 Å². The Balaban J connectivity index is 1.20. The van der Waals surface area contributed by atoms with E-state index in [4.69, 9.17) is 4.74 Å². The van der Waals surface area contributed by atoms with E-state index in [1.807, 2.05) is 6.08 Å². The van der Waals surface area contributed by atoms with Gasteiger partial charge in [-0.25, -0.2) is 0 Å². The third-order valence-corrected chi connectivity index (χ3v) is 9.97. The summed E-state index contributed by atoms with van der Waals surface area (Å²) >= 11 is 0.